The molecule has 0 radical (unpaired) electrons. The van der Waals surface area contributed by atoms with E-state index < -0.39 is 0 Å². The first-order valence-electron chi connectivity index (χ1n) is 8.97. The molecule has 0 saturated carbocycles. The molecule has 0 aliphatic heterocycles. The maximum atomic E-state index is 12.7. The van der Waals surface area contributed by atoms with Crippen molar-refractivity contribution in [2.75, 3.05) is 12.8 Å². The van der Waals surface area contributed by atoms with Crippen molar-refractivity contribution in [3.63, 3.8) is 0 Å². The zero-order valence-electron chi connectivity index (χ0n) is 15.1. The Morgan fingerprint density at radius 1 is 1.23 bits per heavy atom. The number of thioether (sulfide) groups is 1. The summed E-state index contributed by atoms with van der Waals surface area (Å²) >= 11 is 3.30. The van der Waals surface area contributed by atoms with E-state index in [-0.39, 0.29) is 11.9 Å². The first-order chi connectivity index (χ1) is 12.6. The molecule has 1 amide bonds. The van der Waals surface area contributed by atoms with Gasteiger partial charge in [0.2, 0.25) is 5.91 Å². The molecule has 0 bridgehead atoms. The van der Waals surface area contributed by atoms with Crippen LogP contribution in [0.3, 0.4) is 0 Å². The zero-order valence-corrected chi connectivity index (χ0v) is 16.7. The van der Waals surface area contributed by atoms with Crippen molar-refractivity contribution in [2.45, 2.75) is 37.1 Å². The van der Waals surface area contributed by atoms with Gasteiger partial charge in [0.1, 0.15) is 5.01 Å². The molecule has 2 aromatic carbocycles. The molecule has 0 saturated heterocycles. The molecule has 26 heavy (non-hydrogen) atoms. The number of aryl methyl sites for hydroxylation is 2. The van der Waals surface area contributed by atoms with E-state index in [4.69, 9.17) is 4.98 Å². The SMILES string of the molecule is C[C@H](c1nc2ccccc2s1)N(C)C(=O)CSc1ccc2c(c1)CCC2. The summed E-state index contributed by atoms with van der Waals surface area (Å²) in [6.07, 6.45) is 3.62. The molecule has 0 unspecified atom stereocenters. The van der Waals surface area contributed by atoms with Crippen LogP contribution in [0, 0.1) is 0 Å². The van der Waals surface area contributed by atoms with Gasteiger partial charge in [0.15, 0.2) is 0 Å². The first-order valence-corrected chi connectivity index (χ1v) is 10.8. The number of carbonyl (C=O) groups is 1. The van der Waals surface area contributed by atoms with Crippen LogP contribution in [0.2, 0.25) is 0 Å². The Labute approximate surface area is 162 Å². The minimum Gasteiger partial charge on any atom is -0.336 e. The number of carbonyl (C=O) groups excluding carboxylic acids is 1. The molecule has 3 aromatic rings. The molecule has 0 spiro atoms. The van der Waals surface area contributed by atoms with Crippen LogP contribution in [0.5, 0.6) is 0 Å². The standard InChI is InChI=1S/C21H22N2OS2/c1-14(21-22-18-8-3-4-9-19(18)26-21)23(2)20(24)13-25-17-11-10-15-6-5-7-16(15)12-17/h3-4,8-12,14H,5-7,13H2,1-2H3/t14-/m1/s1. The van der Waals surface area contributed by atoms with E-state index in [2.05, 4.69) is 31.2 Å². The van der Waals surface area contributed by atoms with Gasteiger partial charge in [0.25, 0.3) is 0 Å². The highest BCUT2D eigenvalue weighted by Crippen LogP contribution is 2.30. The summed E-state index contributed by atoms with van der Waals surface area (Å²) in [5, 5.41) is 0.990. The maximum Gasteiger partial charge on any atom is 0.233 e. The lowest BCUT2D eigenvalue weighted by Crippen LogP contribution is -2.31. The highest BCUT2D eigenvalue weighted by molar-refractivity contribution is 8.00. The average molecular weight is 383 g/mol. The van der Waals surface area contributed by atoms with Gasteiger partial charge in [-0.15, -0.1) is 23.1 Å². The molecule has 1 heterocycles. The number of thiazole rings is 1. The van der Waals surface area contributed by atoms with Crippen molar-refractivity contribution in [3.05, 3.63) is 58.6 Å². The van der Waals surface area contributed by atoms with Crippen LogP contribution in [-0.4, -0.2) is 28.6 Å². The Morgan fingerprint density at radius 3 is 2.88 bits per heavy atom. The molecule has 1 aliphatic rings. The topological polar surface area (TPSA) is 33.2 Å². The monoisotopic (exact) mass is 382 g/mol. The molecule has 3 nitrogen and oxygen atoms in total. The van der Waals surface area contributed by atoms with Gasteiger partial charge in [0.05, 0.1) is 22.0 Å². The molecule has 1 aliphatic carbocycles. The minimum atomic E-state index is -0.0134. The summed E-state index contributed by atoms with van der Waals surface area (Å²) < 4.78 is 1.17. The van der Waals surface area contributed by atoms with Crippen LogP contribution < -0.4 is 0 Å². The van der Waals surface area contributed by atoms with Gasteiger partial charge in [-0.3, -0.25) is 4.79 Å². The molecule has 4 rings (SSSR count). The van der Waals surface area contributed by atoms with Crippen molar-refractivity contribution in [1.82, 2.24) is 9.88 Å². The Kier molecular flexibility index (Phi) is 5.00. The van der Waals surface area contributed by atoms with E-state index in [1.165, 1.54) is 40.0 Å². The van der Waals surface area contributed by atoms with Gasteiger partial charge >= 0.3 is 0 Å². The molecular weight excluding hydrogens is 360 g/mol. The fourth-order valence-electron chi connectivity index (χ4n) is 3.34. The molecule has 1 aromatic heterocycles. The van der Waals surface area contributed by atoms with Crippen LogP contribution in [0.15, 0.2) is 47.4 Å². The normalized spacial score (nSPS) is 14.4. The smallest absolute Gasteiger partial charge is 0.233 e. The van der Waals surface area contributed by atoms with Crippen LogP contribution >= 0.6 is 23.1 Å². The lowest BCUT2D eigenvalue weighted by atomic mass is 10.1. The number of nitrogens with zero attached hydrogens (tertiary/aromatic N) is 2. The van der Waals surface area contributed by atoms with Gasteiger partial charge < -0.3 is 4.90 Å². The number of benzene rings is 2. The highest BCUT2D eigenvalue weighted by Gasteiger charge is 2.21. The summed E-state index contributed by atoms with van der Waals surface area (Å²) in [4.78, 5) is 20.4. The van der Waals surface area contributed by atoms with E-state index >= 15 is 0 Å². The summed E-state index contributed by atoms with van der Waals surface area (Å²) in [5.41, 5.74) is 3.94. The number of para-hydroxylation sites is 1. The van der Waals surface area contributed by atoms with Crippen molar-refractivity contribution in [2.24, 2.45) is 0 Å². The summed E-state index contributed by atoms with van der Waals surface area (Å²) in [5.74, 6) is 0.604. The number of aromatic nitrogens is 1. The largest absolute Gasteiger partial charge is 0.336 e. The van der Waals surface area contributed by atoms with Crippen LogP contribution in [0.25, 0.3) is 10.2 Å². The number of rotatable bonds is 5. The highest BCUT2D eigenvalue weighted by atomic mass is 32.2. The quantitative estimate of drug-likeness (QED) is 0.576. The number of hydrogen-bond donors (Lipinski definition) is 0. The summed E-state index contributed by atoms with van der Waals surface area (Å²) in [6, 6.07) is 14.7. The molecule has 1 atom stereocenters. The predicted molar refractivity (Wildman–Crippen MR) is 110 cm³/mol. The Hall–Kier alpha value is -1.85. The van der Waals surface area contributed by atoms with Gasteiger partial charge in [-0.1, -0.05) is 18.2 Å². The number of hydrogen-bond acceptors (Lipinski definition) is 4. The Balaban J connectivity index is 1.40. The van der Waals surface area contributed by atoms with Gasteiger partial charge in [-0.05, 0) is 61.6 Å². The predicted octanol–water partition coefficient (Wildman–Crippen LogP) is 5.10. The van der Waals surface area contributed by atoms with Crippen LogP contribution in [0.4, 0.5) is 0 Å². The third kappa shape index (κ3) is 3.51. The molecule has 5 heteroatoms. The van der Waals surface area contributed by atoms with Crippen molar-refractivity contribution in [1.29, 1.82) is 0 Å². The van der Waals surface area contributed by atoms with E-state index in [9.17, 15) is 4.79 Å². The van der Waals surface area contributed by atoms with Crippen molar-refractivity contribution < 1.29 is 4.79 Å². The van der Waals surface area contributed by atoms with Gasteiger partial charge in [-0.25, -0.2) is 4.98 Å². The second-order valence-electron chi connectivity index (χ2n) is 6.77. The lowest BCUT2D eigenvalue weighted by molar-refractivity contribution is -0.128. The molecule has 134 valence electrons. The minimum absolute atomic E-state index is 0.0134. The fourth-order valence-corrected chi connectivity index (χ4v) is 5.28. The molecule has 0 fully saturated rings. The van der Waals surface area contributed by atoms with Crippen LogP contribution in [-0.2, 0) is 17.6 Å². The third-order valence-corrected chi connectivity index (χ3v) is 7.26. The Morgan fingerprint density at radius 2 is 2.04 bits per heavy atom. The van der Waals surface area contributed by atoms with Crippen LogP contribution in [0.1, 0.15) is 35.5 Å². The maximum absolute atomic E-state index is 12.7. The number of amides is 1. The third-order valence-electron chi connectivity index (χ3n) is 5.07. The zero-order chi connectivity index (χ0) is 18.1. The average Bonchev–Trinajstić information content (AvgIpc) is 3.30. The second kappa shape index (κ2) is 7.41. The van der Waals surface area contributed by atoms with Gasteiger partial charge in [-0.2, -0.15) is 0 Å². The lowest BCUT2D eigenvalue weighted by Gasteiger charge is -2.23. The molecular formula is C21H22N2OS2. The fraction of sp³-hybridized carbons (Fsp3) is 0.333. The van der Waals surface area contributed by atoms with Crippen molar-refractivity contribution in [3.8, 4) is 0 Å². The van der Waals surface area contributed by atoms with E-state index in [1.54, 1.807) is 23.1 Å². The van der Waals surface area contributed by atoms with E-state index in [0.717, 1.165) is 10.5 Å². The van der Waals surface area contributed by atoms with E-state index in [1.807, 2.05) is 30.1 Å². The summed E-state index contributed by atoms with van der Waals surface area (Å²) in [6.45, 7) is 2.05. The number of fused-ring (bicyclic) bond motifs is 2. The first kappa shape index (κ1) is 17.6. The van der Waals surface area contributed by atoms with Gasteiger partial charge in [0, 0.05) is 11.9 Å². The second-order valence-corrected chi connectivity index (χ2v) is 8.88. The van der Waals surface area contributed by atoms with Crippen molar-refractivity contribution >= 4 is 39.2 Å². The molecule has 0 N–H and O–H groups in total. The summed E-state index contributed by atoms with van der Waals surface area (Å²) in [7, 11) is 1.88. The Bertz CT molecular complexity index is 917. The van der Waals surface area contributed by atoms with E-state index in [0.29, 0.717) is 5.75 Å².